The van der Waals surface area contributed by atoms with Crippen LogP contribution in [0.1, 0.15) is 11.1 Å². The van der Waals surface area contributed by atoms with Crippen LogP contribution in [-0.2, 0) is 6.61 Å². The highest BCUT2D eigenvalue weighted by atomic mass is 16.5. The number of rotatable bonds is 4. The maximum Gasteiger partial charge on any atom is 0.146 e. The third-order valence-electron chi connectivity index (χ3n) is 2.87. The van der Waals surface area contributed by atoms with Crippen molar-refractivity contribution in [3.05, 3.63) is 53.6 Å². The number of benzene rings is 2. The van der Waals surface area contributed by atoms with Gasteiger partial charge in [-0.1, -0.05) is 24.3 Å². The lowest BCUT2D eigenvalue weighted by molar-refractivity contribution is 0.304. The molecule has 0 saturated heterocycles. The van der Waals surface area contributed by atoms with Gasteiger partial charge in [0, 0.05) is 6.07 Å². The molecule has 0 aromatic heterocycles. The minimum Gasteiger partial charge on any atom is -0.497 e. The van der Waals surface area contributed by atoms with E-state index in [1.165, 1.54) is 5.56 Å². The average molecular weight is 243 g/mol. The Morgan fingerprint density at radius 3 is 2.61 bits per heavy atom. The standard InChI is InChI=1S/C15H17NO2/c1-11-5-3-4-6-12(11)10-18-15-9-13(17-2)7-8-14(15)16/h3-9H,10,16H2,1-2H3. The summed E-state index contributed by atoms with van der Waals surface area (Å²) in [6.07, 6.45) is 0. The van der Waals surface area contributed by atoms with Crippen molar-refractivity contribution in [1.29, 1.82) is 0 Å². The molecule has 0 bridgehead atoms. The van der Waals surface area contributed by atoms with E-state index in [1.54, 1.807) is 19.2 Å². The minimum atomic E-state index is 0.504. The Hall–Kier alpha value is -2.16. The fraction of sp³-hybridized carbons (Fsp3) is 0.200. The molecule has 0 aliphatic heterocycles. The van der Waals surface area contributed by atoms with E-state index < -0.39 is 0 Å². The molecule has 0 radical (unpaired) electrons. The van der Waals surface area contributed by atoms with Crippen molar-refractivity contribution < 1.29 is 9.47 Å². The van der Waals surface area contributed by atoms with E-state index in [-0.39, 0.29) is 0 Å². The van der Waals surface area contributed by atoms with Crippen molar-refractivity contribution in [1.82, 2.24) is 0 Å². The molecule has 3 nitrogen and oxygen atoms in total. The lowest BCUT2D eigenvalue weighted by Crippen LogP contribution is -2.00. The Morgan fingerprint density at radius 2 is 1.89 bits per heavy atom. The molecule has 18 heavy (non-hydrogen) atoms. The van der Waals surface area contributed by atoms with Crippen LogP contribution >= 0.6 is 0 Å². The van der Waals surface area contributed by atoms with Gasteiger partial charge in [-0.05, 0) is 30.2 Å². The lowest BCUT2D eigenvalue weighted by atomic mass is 10.1. The van der Waals surface area contributed by atoms with E-state index in [1.807, 2.05) is 24.3 Å². The maximum absolute atomic E-state index is 5.87. The fourth-order valence-electron chi connectivity index (χ4n) is 1.69. The summed E-state index contributed by atoms with van der Waals surface area (Å²) in [5.41, 5.74) is 8.84. The maximum atomic E-state index is 5.87. The summed E-state index contributed by atoms with van der Waals surface area (Å²) < 4.78 is 10.9. The molecule has 2 aromatic carbocycles. The smallest absolute Gasteiger partial charge is 0.146 e. The first-order valence-electron chi connectivity index (χ1n) is 5.81. The summed E-state index contributed by atoms with van der Waals surface area (Å²) >= 11 is 0. The number of hydrogen-bond donors (Lipinski definition) is 1. The summed E-state index contributed by atoms with van der Waals surface area (Å²) in [6, 6.07) is 13.5. The molecule has 0 amide bonds. The number of nitrogen functional groups attached to an aromatic ring is 1. The number of aryl methyl sites for hydroxylation is 1. The molecule has 0 saturated carbocycles. The van der Waals surface area contributed by atoms with Gasteiger partial charge in [-0.25, -0.2) is 0 Å². The summed E-state index contributed by atoms with van der Waals surface area (Å²) in [5.74, 6) is 1.39. The van der Waals surface area contributed by atoms with Crippen LogP contribution in [0.4, 0.5) is 5.69 Å². The van der Waals surface area contributed by atoms with Crippen molar-refractivity contribution in [2.75, 3.05) is 12.8 Å². The summed E-state index contributed by atoms with van der Waals surface area (Å²) in [4.78, 5) is 0. The molecule has 0 heterocycles. The number of ether oxygens (including phenoxy) is 2. The van der Waals surface area contributed by atoms with Crippen LogP contribution in [0.2, 0.25) is 0 Å². The van der Waals surface area contributed by atoms with Crippen molar-refractivity contribution in [2.45, 2.75) is 13.5 Å². The van der Waals surface area contributed by atoms with Crippen molar-refractivity contribution in [2.24, 2.45) is 0 Å². The second-order valence-electron chi connectivity index (χ2n) is 4.12. The zero-order valence-electron chi connectivity index (χ0n) is 10.6. The number of nitrogens with two attached hydrogens (primary N) is 1. The van der Waals surface area contributed by atoms with Crippen LogP contribution in [-0.4, -0.2) is 7.11 Å². The predicted molar refractivity (Wildman–Crippen MR) is 72.9 cm³/mol. The molecule has 2 aromatic rings. The summed E-state index contributed by atoms with van der Waals surface area (Å²) in [6.45, 7) is 2.57. The Kier molecular flexibility index (Phi) is 3.72. The van der Waals surface area contributed by atoms with Gasteiger partial charge in [0.2, 0.25) is 0 Å². The van der Waals surface area contributed by atoms with Gasteiger partial charge in [0.25, 0.3) is 0 Å². The molecular formula is C15H17NO2. The van der Waals surface area contributed by atoms with Gasteiger partial charge in [0.05, 0.1) is 12.8 Å². The van der Waals surface area contributed by atoms with Crippen LogP contribution in [0.3, 0.4) is 0 Å². The highest BCUT2D eigenvalue weighted by molar-refractivity contribution is 5.55. The second kappa shape index (κ2) is 5.45. The number of anilines is 1. The van der Waals surface area contributed by atoms with E-state index in [0.29, 0.717) is 18.0 Å². The van der Waals surface area contributed by atoms with Crippen LogP contribution in [0.25, 0.3) is 0 Å². The normalized spacial score (nSPS) is 10.1. The van der Waals surface area contributed by atoms with Crippen molar-refractivity contribution in [3.63, 3.8) is 0 Å². The Bertz CT molecular complexity index is 538. The average Bonchev–Trinajstić information content (AvgIpc) is 2.39. The zero-order valence-corrected chi connectivity index (χ0v) is 10.6. The molecule has 0 aliphatic carbocycles. The van der Waals surface area contributed by atoms with E-state index in [0.717, 1.165) is 11.3 Å². The first-order chi connectivity index (χ1) is 8.70. The van der Waals surface area contributed by atoms with Crippen LogP contribution in [0, 0.1) is 6.92 Å². The van der Waals surface area contributed by atoms with Crippen LogP contribution < -0.4 is 15.2 Å². The Morgan fingerprint density at radius 1 is 1.11 bits per heavy atom. The van der Waals surface area contributed by atoms with E-state index in [2.05, 4.69) is 13.0 Å². The predicted octanol–water partition coefficient (Wildman–Crippen LogP) is 3.16. The monoisotopic (exact) mass is 243 g/mol. The summed E-state index contributed by atoms with van der Waals surface area (Å²) in [7, 11) is 1.62. The van der Waals surface area contributed by atoms with Gasteiger partial charge in [-0.15, -0.1) is 0 Å². The fourth-order valence-corrected chi connectivity index (χ4v) is 1.69. The summed E-state index contributed by atoms with van der Waals surface area (Å²) in [5, 5.41) is 0. The quantitative estimate of drug-likeness (QED) is 0.839. The minimum absolute atomic E-state index is 0.504. The van der Waals surface area contributed by atoms with Gasteiger partial charge in [0.1, 0.15) is 18.1 Å². The first kappa shape index (κ1) is 12.3. The highest BCUT2D eigenvalue weighted by Gasteiger charge is 2.04. The zero-order chi connectivity index (χ0) is 13.0. The largest absolute Gasteiger partial charge is 0.497 e. The van der Waals surface area contributed by atoms with Crippen LogP contribution in [0.5, 0.6) is 11.5 Å². The molecule has 0 atom stereocenters. The van der Waals surface area contributed by atoms with Gasteiger partial charge < -0.3 is 15.2 Å². The van der Waals surface area contributed by atoms with Gasteiger partial charge in [0.15, 0.2) is 0 Å². The van der Waals surface area contributed by atoms with Gasteiger partial charge in [-0.2, -0.15) is 0 Å². The first-order valence-corrected chi connectivity index (χ1v) is 5.81. The van der Waals surface area contributed by atoms with Gasteiger partial charge in [-0.3, -0.25) is 0 Å². The van der Waals surface area contributed by atoms with Crippen molar-refractivity contribution in [3.8, 4) is 11.5 Å². The molecule has 94 valence electrons. The van der Waals surface area contributed by atoms with E-state index in [4.69, 9.17) is 15.2 Å². The Labute approximate surface area is 107 Å². The van der Waals surface area contributed by atoms with Crippen LogP contribution in [0.15, 0.2) is 42.5 Å². The molecule has 0 aliphatic rings. The molecule has 0 spiro atoms. The van der Waals surface area contributed by atoms with Crippen molar-refractivity contribution >= 4 is 5.69 Å². The Balaban J connectivity index is 2.13. The van der Waals surface area contributed by atoms with E-state index >= 15 is 0 Å². The third kappa shape index (κ3) is 2.74. The number of methoxy groups -OCH3 is 1. The molecule has 0 unspecified atom stereocenters. The van der Waals surface area contributed by atoms with E-state index in [9.17, 15) is 0 Å². The molecule has 2 rings (SSSR count). The molecule has 0 fully saturated rings. The SMILES string of the molecule is COc1ccc(N)c(OCc2ccccc2C)c1. The lowest BCUT2D eigenvalue weighted by Gasteiger charge is -2.11. The molecular weight excluding hydrogens is 226 g/mol. The highest BCUT2D eigenvalue weighted by Crippen LogP contribution is 2.27. The topological polar surface area (TPSA) is 44.5 Å². The van der Waals surface area contributed by atoms with Gasteiger partial charge >= 0.3 is 0 Å². The second-order valence-corrected chi connectivity index (χ2v) is 4.12. The number of hydrogen-bond acceptors (Lipinski definition) is 3. The third-order valence-corrected chi connectivity index (χ3v) is 2.87. The molecule has 2 N–H and O–H groups in total. The molecule has 3 heteroatoms.